The van der Waals surface area contributed by atoms with E-state index < -0.39 is 11.6 Å². The maximum atomic E-state index is 14.2. The lowest BCUT2D eigenvalue weighted by Crippen LogP contribution is -2.12. The predicted octanol–water partition coefficient (Wildman–Crippen LogP) is 6.32. The van der Waals surface area contributed by atoms with Crippen molar-refractivity contribution in [3.8, 4) is 16.9 Å². The minimum Gasteiger partial charge on any atom is -0.494 e. The van der Waals surface area contributed by atoms with E-state index in [1.165, 1.54) is 50.8 Å². The van der Waals surface area contributed by atoms with E-state index in [0.717, 1.165) is 5.92 Å². The molecule has 0 amide bonds. The van der Waals surface area contributed by atoms with Crippen LogP contribution in [0.5, 0.6) is 5.75 Å². The van der Waals surface area contributed by atoms with Gasteiger partial charge in [0.1, 0.15) is 0 Å². The van der Waals surface area contributed by atoms with Gasteiger partial charge in [-0.05, 0) is 60.8 Å². The van der Waals surface area contributed by atoms with Gasteiger partial charge in [-0.15, -0.1) is 0 Å². The summed E-state index contributed by atoms with van der Waals surface area (Å²) in [5, 5.41) is 0. The molecular formula is C21H24F2O. The lowest BCUT2D eigenvalue weighted by molar-refractivity contribution is 0.319. The number of hydrogen-bond acceptors (Lipinski definition) is 1. The largest absolute Gasteiger partial charge is 0.494 e. The number of halogens is 2. The van der Waals surface area contributed by atoms with Crippen molar-refractivity contribution in [2.24, 2.45) is 5.92 Å². The van der Waals surface area contributed by atoms with Crippen LogP contribution in [0.25, 0.3) is 11.1 Å². The Hall–Kier alpha value is -1.90. The zero-order valence-corrected chi connectivity index (χ0v) is 14.3. The van der Waals surface area contributed by atoms with Crippen molar-refractivity contribution >= 4 is 0 Å². The van der Waals surface area contributed by atoms with Gasteiger partial charge in [-0.1, -0.05) is 37.6 Å². The van der Waals surface area contributed by atoms with E-state index in [1.54, 1.807) is 6.07 Å². The summed E-state index contributed by atoms with van der Waals surface area (Å²) in [6.07, 6.45) is 6.31. The maximum absolute atomic E-state index is 14.2. The topological polar surface area (TPSA) is 9.23 Å². The quantitative estimate of drug-likeness (QED) is 0.637. The Morgan fingerprint density at radius 3 is 2.17 bits per heavy atom. The summed E-state index contributed by atoms with van der Waals surface area (Å²) in [7, 11) is 1.33. The van der Waals surface area contributed by atoms with Crippen LogP contribution in [0.15, 0.2) is 36.4 Å². The molecule has 0 N–H and O–H groups in total. The fourth-order valence-electron chi connectivity index (χ4n) is 3.75. The second-order valence-corrected chi connectivity index (χ2v) is 6.69. The molecule has 1 saturated carbocycles. The van der Waals surface area contributed by atoms with E-state index in [2.05, 4.69) is 19.1 Å². The highest BCUT2D eigenvalue weighted by atomic mass is 19.2. The SMILES string of the molecule is CCC1CCC(c2ccc(-c3ccc(OC)c(F)c3F)cc2)CC1. The molecule has 0 aromatic heterocycles. The highest BCUT2D eigenvalue weighted by molar-refractivity contribution is 5.65. The van der Waals surface area contributed by atoms with Gasteiger partial charge in [0.25, 0.3) is 0 Å². The van der Waals surface area contributed by atoms with E-state index in [0.29, 0.717) is 11.5 Å². The van der Waals surface area contributed by atoms with Crippen LogP contribution in [0.2, 0.25) is 0 Å². The molecule has 0 radical (unpaired) electrons. The van der Waals surface area contributed by atoms with E-state index in [4.69, 9.17) is 4.74 Å². The Bertz CT molecular complexity index is 686. The fourth-order valence-corrected chi connectivity index (χ4v) is 3.75. The first-order chi connectivity index (χ1) is 11.6. The Morgan fingerprint density at radius 2 is 1.58 bits per heavy atom. The molecule has 3 heteroatoms. The predicted molar refractivity (Wildman–Crippen MR) is 93.3 cm³/mol. The van der Waals surface area contributed by atoms with Gasteiger partial charge in [-0.25, -0.2) is 4.39 Å². The first-order valence-electron chi connectivity index (χ1n) is 8.76. The second-order valence-electron chi connectivity index (χ2n) is 6.69. The van der Waals surface area contributed by atoms with Crippen LogP contribution in [-0.4, -0.2) is 7.11 Å². The molecule has 2 aromatic rings. The number of hydrogen-bond donors (Lipinski definition) is 0. The molecule has 1 nitrogen and oxygen atoms in total. The lowest BCUT2D eigenvalue weighted by Gasteiger charge is -2.28. The summed E-state index contributed by atoms with van der Waals surface area (Å²) >= 11 is 0. The molecule has 3 rings (SSSR count). The molecule has 24 heavy (non-hydrogen) atoms. The molecule has 1 fully saturated rings. The van der Waals surface area contributed by atoms with Crippen molar-refractivity contribution in [1.29, 1.82) is 0 Å². The standard InChI is InChI=1S/C21H24F2O/c1-3-14-4-6-15(7-5-14)16-8-10-17(11-9-16)18-12-13-19(24-2)21(23)20(18)22/h8-15H,3-7H2,1-2H3. The molecule has 0 spiro atoms. The van der Waals surface area contributed by atoms with Crippen molar-refractivity contribution in [2.45, 2.75) is 44.9 Å². The summed E-state index contributed by atoms with van der Waals surface area (Å²) in [5.41, 5.74) is 2.28. The van der Waals surface area contributed by atoms with E-state index in [9.17, 15) is 8.78 Å². The fraction of sp³-hybridized carbons (Fsp3) is 0.429. The second kappa shape index (κ2) is 7.33. The van der Waals surface area contributed by atoms with Gasteiger partial charge in [-0.3, -0.25) is 0 Å². The highest BCUT2D eigenvalue weighted by Gasteiger charge is 2.21. The third-order valence-corrected chi connectivity index (χ3v) is 5.38. The third kappa shape index (κ3) is 3.31. The normalized spacial score (nSPS) is 20.8. The van der Waals surface area contributed by atoms with Gasteiger partial charge >= 0.3 is 0 Å². The molecular weight excluding hydrogens is 306 g/mol. The van der Waals surface area contributed by atoms with Crippen molar-refractivity contribution in [2.75, 3.05) is 7.11 Å². The Balaban J connectivity index is 1.79. The van der Waals surface area contributed by atoms with Crippen LogP contribution in [0.3, 0.4) is 0 Å². The molecule has 0 aliphatic heterocycles. The summed E-state index contributed by atoms with van der Waals surface area (Å²) in [6, 6.07) is 10.9. The molecule has 1 aliphatic rings. The van der Waals surface area contributed by atoms with E-state index >= 15 is 0 Å². The molecule has 0 bridgehead atoms. The van der Waals surface area contributed by atoms with Crippen molar-refractivity contribution in [3.63, 3.8) is 0 Å². The third-order valence-electron chi connectivity index (χ3n) is 5.38. The molecule has 2 aromatic carbocycles. The summed E-state index contributed by atoms with van der Waals surface area (Å²) in [6.45, 7) is 2.27. The molecule has 0 atom stereocenters. The van der Waals surface area contributed by atoms with Crippen molar-refractivity contribution in [3.05, 3.63) is 53.6 Å². The monoisotopic (exact) mass is 330 g/mol. The molecule has 0 unspecified atom stereocenters. The van der Waals surface area contributed by atoms with Gasteiger partial charge in [0, 0.05) is 5.56 Å². The Labute approximate surface area is 142 Å². The van der Waals surface area contributed by atoms with Crippen molar-refractivity contribution in [1.82, 2.24) is 0 Å². The summed E-state index contributed by atoms with van der Waals surface area (Å²) in [5.74, 6) is -0.390. The minimum atomic E-state index is -0.933. The zero-order chi connectivity index (χ0) is 17.1. The van der Waals surface area contributed by atoms with Crippen LogP contribution < -0.4 is 4.74 Å². The summed E-state index contributed by atoms with van der Waals surface area (Å²) in [4.78, 5) is 0. The average molecular weight is 330 g/mol. The maximum Gasteiger partial charge on any atom is 0.201 e. The van der Waals surface area contributed by atoms with Crippen LogP contribution in [0.4, 0.5) is 8.78 Å². The van der Waals surface area contributed by atoms with Crippen LogP contribution in [0.1, 0.15) is 50.5 Å². The van der Waals surface area contributed by atoms with E-state index in [1.807, 2.05) is 12.1 Å². The molecule has 1 aliphatic carbocycles. The Morgan fingerprint density at radius 1 is 0.917 bits per heavy atom. The average Bonchev–Trinajstić information content (AvgIpc) is 2.64. The van der Waals surface area contributed by atoms with Crippen molar-refractivity contribution < 1.29 is 13.5 Å². The van der Waals surface area contributed by atoms with Gasteiger partial charge in [0.05, 0.1) is 7.11 Å². The summed E-state index contributed by atoms with van der Waals surface area (Å²) < 4.78 is 32.9. The molecule has 128 valence electrons. The Kier molecular flexibility index (Phi) is 5.17. The number of methoxy groups -OCH3 is 1. The number of benzene rings is 2. The van der Waals surface area contributed by atoms with Crippen LogP contribution in [-0.2, 0) is 0 Å². The zero-order valence-electron chi connectivity index (χ0n) is 14.3. The van der Waals surface area contributed by atoms with E-state index in [-0.39, 0.29) is 11.3 Å². The smallest absolute Gasteiger partial charge is 0.201 e. The number of rotatable bonds is 4. The highest BCUT2D eigenvalue weighted by Crippen LogP contribution is 2.38. The van der Waals surface area contributed by atoms with Crippen LogP contribution in [0, 0.1) is 17.6 Å². The number of ether oxygens (including phenoxy) is 1. The van der Waals surface area contributed by atoms with Gasteiger partial charge in [0.2, 0.25) is 5.82 Å². The molecule has 0 heterocycles. The first kappa shape index (κ1) is 16.9. The van der Waals surface area contributed by atoms with Gasteiger partial charge < -0.3 is 4.74 Å². The first-order valence-corrected chi connectivity index (χ1v) is 8.76. The van der Waals surface area contributed by atoms with Gasteiger partial charge in [-0.2, -0.15) is 4.39 Å². The van der Waals surface area contributed by atoms with Gasteiger partial charge in [0.15, 0.2) is 11.6 Å². The molecule has 0 saturated heterocycles. The van der Waals surface area contributed by atoms with Crippen LogP contribution >= 0.6 is 0 Å². The lowest BCUT2D eigenvalue weighted by atomic mass is 9.77. The minimum absolute atomic E-state index is 0.0689.